The maximum atomic E-state index is 4.49. The number of nitrogens with zero attached hydrogens (tertiary/aromatic N) is 1. The van der Waals surface area contributed by atoms with Crippen LogP contribution in [0.5, 0.6) is 0 Å². The first kappa shape index (κ1) is 13.8. The van der Waals surface area contributed by atoms with Crippen LogP contribution in [0.15, 0.2) is 18.2 Å². The summed E-state index contributed by atoms with van der Waals surface area (Å²) in [4.78, 5) is 5.81. The summed E-state index contributed by atoms with van der Waals surface area (Å²) in [6.45, 7) is 8.47. The fraction of sp³-hybridized carbons (Fsp3) is 0.357. The van der Waals surface area contributed by atoms with Crippen molar-refractivity contribution >= 4 is 39.6 Å². The topological polar surface area (TPSA) is 24.9 Å². The molecule has 96 valence electrons. The third-order valence-electron chi connectivity index (χ3n) is 2.89. The van der Waals surface area contributed by atoms with E-state index >= 15 is 0 Å². The van der Waals surface area contributed by atoms with E-state index in [9.17, 15) is 0 Å². The molecular weight excluding hydrogens is 355 g/mol. The molecule has 0 aliphatic heterocycles. The predicted octanol–water partition coefficient (Wildman–Crippen LogP) is 4.85. The van der Waals surface area contributed by atoms with Gasteiger partial charge in [-0.2, -0.15) is 0 Å². The molecule has 0 saturated heterocycles. The highest BCUT2D eigenvalue weighted by Gasteiger charge is 2.13. The van der Waals surface area contributed by atoms with E-state index in [1.807, 2.05) is 0 Å². The molecule has 2 rings (SSSR count). The Morgan fingerprint density at radius 2 is 2.00 bits per heavy atom. The number of anilines is 1. The van der Waals surface area contributed by atoms with Crippen LogP contribution in [-0.4, -0.2) is 4.98 Å². The first-order valence-corrected chi connectivity index (χ1v) is 7.83. The van der Waals surface area contributed by atoms with Gasteiger partial charge in [0.25, 0.3) is 0 Å². The van der Waals surface area contributed by atoms with Crippen LogP contribution in [0.4, 0.5) is 5.69 Å². The molecule has 0 radical (unpaired) electrons. The molecule has 2 aromatic rings. The zero-order chi connectivity index (χ0) is 13.3. The van der Waals surface area contributed by atoms with Crippen LogP contribution in [0.3, 0.4) is 0 Å². The van der Waals surface area contributed by atoms with Crippen LogP contribution >= 0.6 is 33.9 Å². The van der Waals surface area contributed by atoms with Gasteiger partial charge in [-0.1, -0.05) is 0 Å². The second-order valence-electron chi connectivity index (χ2n) is 4.51. The largest absolute Gasteiger partial charge is 0.377 e. The maximum absolute atomic E-state index is 4.49. The van der Waals surface area contributed by atoms with Crippen molar-refractivity contribution in [1.29, 1.82) is 0 Å². The minimum atomic E-state index is 0.301. The number of benzene rings is 1. The van der Waals surface area contributed by atoms with Gasteiger partial charge >= 0.3 is 0 Å². The maximum Gasteiger partial charge on any atom is 0.0900 e. The van der Waals surface area contributed by atoms with E-state index in [4.69, 9.17) is 0 Å². The van der Waals surface area contributed by atoms with E-state index in [1.165, 1.54) is 19.7 Å². The molecule has 0 spiro atoms. The molecule has 0 aliphatic carbocycles. The second-order valence-corrected chi connectivity index (χ2v) is 6.99. The number of hydrogen-bond donors (Lipinski definition) is 1. The molecule has 1 heterocycles. The monoisotopic (exact) mass is 372 g/mol. The number of halogens is 1. The van der Waals surface area contributed by atoms with Crippen LogP contribution in [-0.2, 0) is 0 Å². The van der Waals surface area contributed by atoms with Gasteiger partial charge in [0.05, 0.1) is 16.7 Å². The van der Waals surface area contributed by atoms with Crippen LogP contribution in [0.1, 0.15) is 34.1 Å². The molecule has 0 bridgehead atoms. The molecule has 1 unspecified atom stereocenters. The Morgan fingerprint density at radius 3 is 2.56 bits per heavy atom. The lowest BCUT2D eigenvalue weighted by molar-refractivity contribution is 0.887. The van der Waals surface area contributed by atoms with Gasteiger partial charge in [0.2, 0.25) is 0 Å². The first-order chi connectivity index (χ1) is 8.47. The summed E-state index contributed by atoms with van der Waals surface area (Å²) < 4.78 is 1.27. The van der Waals surface area contributed by atoms with Gasteiger partial charge in [-0.05, 0) is 74.0 Å². The van der Waals surface area contributed by atoms with Gasteiger partial charge in [0.1, 0.15) is 0 Å². The SMILES string of the molecule is Cc1nc(C)c(C(C)Nc2ccc(I)cc2C)s1. The zero-order valence-corrected chi connectivity index (χ0v) is 14.0. The normalized spacial score (nSPS) is 12.5. The Bertz CT molecular complexity index is 563. The van der Waals surface area contributed by atoms with Crippen molar-refractivity contribution in [1.82, 2.24) is 4.98 Å². The number of thiazole rings is 1. The van der Waals surface area contributed by atoms with Gasteiger partial charge in [-0.3, -0.25) is 0 Å². The van der Waals surface area contributed by atoms with Gasteiger partial charge in [0, 0.05) is 14.1 Å². The van der Waals surface area contributed by atoms with Crippen molar-refractivity contribution in [2.24, 2.45) is 0 Å². The van der Waals surface area contributed by atoms with E-state index < -0.39 is 0 Å². The van der Waals surface area contributed by atoms with Crippen molar-refractivity contribution in [3.63, 3.8) is 0 Å². The van der Waals surface area contributed by atoms with Gasteiger partial charge in [-0.15, -0.1) is 11.3 Å². The molecule has 4 heteroatoms. The highest BCUT2D eigenvalue weighted by molar-refractivity contribution is 14.1. The first-order valence-electron chi connectivity index (χ1n) is 5.94. The van der Waals surface area contributed by atoms with Gasteiger partial charge in [-0.25, -0.2) is 4.98 Å². The molecule has 1 aromatic heterocycles. The van der Waals surface area contributed by atoms with Gasteiger partial charge < -0.3 is 5.32 Å². The molecule has 1 N–H and O–H groups in total. The number of aromatic nitrogens is 1. The van der Waals surface area contributed by atoms with E-state index in [2.05, 4.69) is 78.8 Å². The molecule has 1 aromatic carbocycles. The van der Waals surface area contributed by atoms with Crippen molar-refractivity contribution in [3.05, 3.63) is 42.9 Å². The standard InChI is InChI=1S/C14H17IN2S/c1-8-7-12(15)5-6-13(8)17-10(3)14-9(2)16-11(4)18-14/h5-7,10,17H,1-4H3. The van der Waals surface area contributed by atoms with Crippen LogP contribution in [0.2, 0.25) is 0 Å². The summed E-state index contributed by atoms with van der Waals surface area (Å²) in [6.07, 6.45) is 0. The summed E-state index contributed by atoms with van der Waals surface area (Å²) in [5.74, 6) is 0. The Kier molecular flexibility index (Phi) is 4.27. The summed E-state index contributed by atoms with van der Waals surface area (Å²) in [6, 6.07) is 6.78. The highest BCUT2D eigenvalue weighted by atomic mass is 127. The number of nitrogens with one attached hydrogen (secondary N) is 1. The minimum absolute atomic E-state index is 0.301. The fourth-order valence-electron chi connectivity index (χ4n) is 2.04. The summed E-state index contributed by atoms with van der Waals surface area (Å²) >= 11 is 4.12. The van der Waals surface area contributed by atoms with Crippen LogP contribution in [0.25, 0.3) is 0 Å². The molecule has 0 amide bonds. The quantitative estimate of drug-likeness (QED) is 0.780. The van der Waals surface area contributed by atoms with Crippen LogP contribution < -0.4 is 5.32 Å². The average molecular weight is 372 g/mol. The summed E-state index contributed by atoms with van der Waals surface area (Å²) in [7, 11) is 0. The summed E-state index contributed by atoms with van der Waals surface area (Å²) in [5, 5.41) is 4.71. The van der Waals surface area contributed by atoms with Crippen molar-refractivity contribution in [2.75, 3.05) is 5.32 Å². The molecule has 0 saturated carbocycles. The number of rotatable bonds is 3. The molecular formula is C14H17IN2S. The number of hydrogen-bond acceptors (Lipinski definition) is 3. The second kappa shape index (κ2) is 5.57. The molecule has 0 aliphatic rings. The Morgan fingerprint density at radius 1 is 1.28 bits per heavy atom. The average Bonchev–Trinajstić information content (AvgIpc) is 2.62. The Labute approximate surface area is 126 Å². The smallest absolute Gasteiger partial charge is 0.0900 e. The Hall–Kier alpha value is -0.620. The highest BCUT2D eigenvalue weighted by Crippen LogP contribution is 2.29. The number of aryl methyl sites for hydroxylation is 3. The molecule has 1 atom stereocenters. The van der Waals surface area contributed by atoms with E-state index in [-0.39, 0.29) is 0 Å². The van der Waals surface area contributed by atoms with Crippen LogP contribution in [0, 0.1) is 24.3 Å². The lowest BCUT2D eigenvalue weighted by Gasteiger charge is -2.16. The lowest BCUT2D eigenvalue weighted by atomic mass is 10.1. The van der Waals surface area contributed by atoms with E-state index in [0.717, 1.165) is 10.7 Å². The third kappa shape index (κ3) is 3.03. The minimum Gasteiger partial charge on any atom is -0.377 e. The lowest BCUT2D eigenvalue weighted by Crippen LogP contribution is -2.07. The van der Waals surface area contributed by atoms with E-state index in [1.54, 1.807) is 11.3 Å². The van der Waals surface area contributed by atoms with E-state index in [0.29, 0.717) is 6.04 Å². The predicted molar refractivity (Wildman–Crippen MR) is 87.5 cm³/mol. The van der Waals surface area contributed by atoms with Crippen molar-refractivity contribution in [3.8, 4) is 0 Å². The molecule has 2 nitrogen and oxygen atoms in total. The zero-order valence-electron chi connectivity index (χ0n) is 11.0. The summed E-state index contributed by atoms with van der Waals surface area (Å²) in [5.41, 5.74) is 3.63. The third-order valence-corrected chi connectivity index (χ3v) is 4.82. The molecule has 18 heavy (non-hydrogen) atoms. The fourth-order valence-corrected chi connectivity index (χ4v) is 3.61. The Balaban J connectivity index is 2.21. The molecule has 0 fully saturated rings. The van der Waals surface area contributed by atoms with Crippen molar-refractivity contribution in [2.45, 2.75) is 33.7 Å². The van der Waals surface area contributed by atoms with Gasteiger partial charge in [0.15, 0.2) is 0 Å². The van der Waals surface area contributed by atoms with Crippen molar-refractivity contribution < 1.29 is 0 Å².